The lowest BCUT2D eigenvalue weighted by molar-refractivity contribution is -0.0578. The van der Waals surface area contributed by atoms with Crippen molar-refractivity contribution in [3.63, 3.8) is 0 Å². The predicted octanol–water partition coefficient (Wildman–Crippen LogP) is 11.5. The molecule has 0 radical (unpaired) electrons. The number of unbranched alkanes of at least 4 members (excludes halogenated alkanes) is 2. The van der Waals surface area contributed by atoms with E-state index in [0.717, 1.165) is 56.4 Å². The maximum Gasteiger partial charge on any atom is 0.194 e. The highest BCUT2D eigenvalue weighted by molar-refractivity contribution is 5.84. The minimum atomic E-state index is -1.71. The Morgan fingerprint density at radius 3 is 2.07 bits per heavy atom. The maximum absolute atomic E-state index is 15.1. The van der Waals surface area contributed by atoms with Crippen molar-refractivity contribution in [2.75, 3.05) is 6.61 Å². The largest absolute Gasteiger partial charge is 0.378 e. The molecule has 1 saturated heterocycles. The number of hydrogen-bond acceptors (Lipinski definition) is 1. The molecule has 1 aliphatic heterocycles. The Morgan fingerprint density at radius 2 is 1.45 bits per heavy atom. The van der Waals surface area contributed by atoms with Gasteiger partial charge in [-0.3, -0.25) is 0 Å². The zero-order valence-corrected chi connectivity index (χ0v) is 24.8. The van der Waals surface area contributed by atoms with Crippen molar-refractivity contribution >= 4 is 11.7 Å². The highest BCUT2D eigenvalue weighted by atomic mass is 19.2. The Hall–Kier alpha value is -3.13. The lowest BCUT2D eigenvalue weighted by Crippen LogP contribution is -2.34. The van der Waals surface area contributed by atoms with Crippen molar-refractivity contribution in [3.8, 4) is 11.1 Å². The summed E-state index contributed by atoms with van der Waals surface area (Å²) in [7, 11) is 0. The number of hydrogen-bond donors (Lipinski definition) is 0. The third-order valence-corrected chi connectivity index (χ3v) is 9.33. The second-order valence-corrected chi connectivity index (χ2v) is 12.2. The molecule has 44 heavy (non-hydrogen) atoms. The Morgan fingerprint density at radius 1 is 0.727 bits per heavy atom. The fraction of sp³-hybridized carbons (Fsp3) is 0.444. The summed E-state index contributed by atoms with van der Waals surface area (Å²) in [4.78, 5) is 0. The number of ether oxygens (including phenoxy) is 1. The molecule has 2 unspecified atom stereocenters. The van der Waals surface area contributed by atoms with Gasteiger partial charge >= 0.3 is 0 Å². The minimum absolute atomic E-state index is 0.111. The molecule has 2 aliphatic rings. The quantitative estimate of drug-likeness (QED) is 0.100. The SMILES string of the molecule is CCCCCC1CCC(C2CCC(c3ccc(/C(F)=C(\F)c4ccc(-c5cc(F)c(F)c(F)c5)c(F)c4)c(F)c3)CC2)OC1. The van der Waals surface area contributed by atoms with Gasteiger partial charge in [-0.2, -0.15) is 0 Å². The molecule has 0 bridgehead atoms. The van der Waals surface area contributed by atoms with Gasteiger partial charge < -0.3 is 4.74 Å². The number of rotatable bonds is 9. The molecule has 1 saturated carbocycles. The van der Waals surface area contributed by atoms with Crippen LogP contribution in [0.2, 0.25) is 0 Å². The Bertz CT molecular complexity index is 1460. The van der Waals surface area contributed by atoms with Crippen molar-refractivity contribution < 1.29 is 35.5 Å². The molecule has 2 fully saturated rings. The highest BCUT2D eigenvalue weighted by Crippen LogP contribution is 2.41. The van der Waals surface area contributed by atoms with E-state index in [0.29, 0.717) is 30.0 Å². The average Bonchev–Trinajstić information content (AvgIpc) is 3.03. The van der Waals surface area contributed by atoms with Crippen LogP contribution in [0.4, 0.5) is 30.7 Å². The summed E-state index contributed by atoms with van der Waals surface area (Å²) < 4.78 is 107. The molecule has 0 aromatic heterocycles. The fourth-order valence-corrected chi connectivity index (χ4v) is 6.74. The highest BCUT2D eigenvalue weighted by Gasteiger charge is 2.32. The van der Waals surface area contributed by atoms with Crippen LogP contribution < -0.4 is 0 Å². The van der Waals surface area contributed by atoms with Gasteiger partial charge in [-0.15, -0.1) is 0 Å². The minimum Gasteiger partial charge on any atom is -0.378 e. The normalized spacial score (nSPS) is 23.0. The molecule has 3 aromatic carbocycles. The lowest BCUT2D eigenvalue weighted by Gasteiger charge is -2.38. The average molecular weight is 619 g/mol. The van der Waals surface area contributed by atoms with Crippen LogP contribution in [-0.2, 0) is 4.74 Å². The molecular formula is C36H37F7O. The van der Waals surface area contributed by atoms with Crippen LogP contribution in [0.3, 0.4) is 0 Å². The standard InChI is InChI=1S/C36H37F7O/c1-2-3-4-5-21-6-15-33(44-20-21)23-9-7-22(8-10-23)24-11-14-28(30(38)16-24)35(42)34(41)25-12-13-27(29(37)17-25)26-18-31(39)36(43)32(40)19-26/h11-14,16-19,21-23,33H,2-10,15,20H2,1H3/b35-34+. The van der Waals surface area contributed by atoms with Crippen LogP contribution in [-0.4, -0.2) is 12.7 Å². The topological polar surface area (TPSA) is 9.23 Å². The molecule has 1 nitrogen and oxygen atoms in total. The van der Waals surface area contributed by atoms with Crippen LogP contribution in [0, 0.1) is 40.9 Å². The second-order valence-electron chi connectivity index (χ2n) is 12.2. The van der Waals surface area contributed by atoms with Gasteiger partial charge in [-0.25, -0.2) is 30.7 Å². The fourth-order valence-electron chi connectivity index (χ4n) is 6.74. The van der Waals surface area contributed by atoms with Crippen molar-refractivity contribution in [1.29, 1.82) is 0 Å². The van der Waals surface area contributed by atoms with Gasteiger partial charge in [0.05, 0.1) is 6.10 Å². The number of benzene rings is 3. The van der Waals surface area contributed by atoms with Crippen LogP contribution in [0.25, 0.3) is 22.8 Å². The summed E-state index contributed by atoms with van der Waals surface area (Å²) in [5, 5.41) is 0. The van der Waals surface area contributed by atoms with E-state index in [1.165, 1.54) is 44.2 Å². The molecule has 0 N–H and O–H groups in total. The summed E-state index contributed by atoms with van der Waals surface area (Å²) >= 11 is 0. The predicted molar refractivity (Wildman–Crippen MR) is 158 cm³/mol. The van der Waals surface area contributed by atoms with Crippen molar-refractivity contribution in [2.45, 2.75) is 83.2 Å². The van der Waals surface area contributed by atoms with E-state index in [-0.39, 0.29) is 23.1 Å². The molecule has 236 valence electrons. The molecule has 1 heterocycles. The number of halogens is 7. The van der Waals surface area contributed by atoms with E-state index in [2.05, 4.69) is 6.92 Å². The monoisotopic (exact) mass is 618 g/mol. The summed E-state index contributed by atoms with van der Waals surface area (Å²) in [6.45, 7) is 3.05. The van der Waals surface area contributed by atoms with E-state index >= 15 is 13.2 Å². The first-order valence-corrected chi connectivity index (χ1v) is 15.6. The van der Waals surface area contributed by atoms with Crippen LogP contribution >= 0.6 is 0 Å². The molecular weight excluding hydrogens is 581 g/mol. The zero-order chi connectivity index (χ0) is 31.4. The van der Waals surface area contributed by atoms with Gasteiger partial charge in [0.15, 0.2) is 29.1 Å². The molecule has 1 aliphatic carbocycles. The maximum atomic E-state index is 15.1. The Balaban J connectivity index is 1.22. The van der Waals surface area contributed by atoms with Gasteiger partial charge in [0, 0.05) is 23.3 Å². The molecule has 3 aromatic rings. The van der Waals surface area contributed by atoms with E-state index < -0.39 is 51.9 Å². The first-order valence-electron chi connectivity index (χ1n) is 15.6. The second kappa shape index (κ2) is 14.3. The summed E-state index contributed by atoms with van der Waals surface area (Å²) in [5.74, 6) is -8.51. The van der Waals surface area contributed by atoms with Crippen molar-refractivity contribution in [2.24, 2.45) is 11.8 Å². The van der Waals surface area contributed by atoms with Gasteiger partial charge in [0.2, 0.25) is 0 Å². The third kappa shape index (κ3) is 7.22. The molecule has 0 amide bonds. The van der Waals surface area contributed by atoms with Crippen molar-refractivity contribution in [1.82, 2.24) is 0 Å². The molecule has 8 heteroatoms. The smallest absolute Gasteiger partial charge is 0.194 e. The summed E-state index contributed by atoms with van der Waals surface area (Å²) in [5.41, 5.74) is -1.04. The lowest BCUT2D eigenvalue weighted by atomic mass is 9.75. The van der Waals surface area contributed by atoms with Gasteiger partial charge in [-0.05, 0) is 104 Å². The molecule has 2 atom stereocenters. The van der Waals surface area contributed by atoms with E-state index in [1.807, 2.05) is 0 Å². The van der Waals surface area contributed by atoms with E-state index in [4.69, 9.17) is 4.74 Å². The first kappa shape index (κ1) is 32.3. The Kier molecular flexibility index (Phi) is 10.5. The van der Waals surface area contributed by atoms with Crippen LogP contribution in [0.1, 0.15) is 93.7 Å². The van der Waals surface area contributed by atoms with E-state index in [1.54, 1.807) is 6.07 Å². The molecule has 0 spiro atoms. The van der Waals surface area contributed by atoms with Gasteiger partial charge in [0.25, 0.3) is 0 Å². The van der Waals surface area contributed by atoms with Crippen LogP contribution in [0.5, 0.6) is 0 Å². The van der Waals surface area contributed by atoms with Crippen LogP contribution in [0.15, 0.2) is 48.5 Å². The third-order valence-electron chi connectivity index (χ3n) is 9.33. The summed E-state index contributed by atoms with van der Waals surface area (Å²) in [6.07, 6.45) is 11.2. The Labute approximate surface area is 254 Å². The summed E-state index contributed by atoms with van der Waals surface area (Å²) in [6, 6.07) is 7.87. The van der Waals surface area contributed by atoms with E-state index in [9.17, 15) is 17.6 Å². The van der Waals surface area contributed by atoms with Gasteiger partial charge in [0.1, 0.15) is 11.6 Å². The first-order chi connectivity index (χ1) is 21.2. The van der Waals surface area contributed by atoms with Gasteiger partial charge in [-0.1, -0.05) is 44.4 Å². The molecule has 5 rings (SSSR count). The van der Waals surface area contributed by atoms with Crippen molar-refractivity contribution in [3.05, 3.63) is 94.3 Å². The zero-order valence-electron chi connectivity index (χ0n) is 24.8.